The molecule has 2 saturated heterocycles. The second-order valence-corrected chi connectivity index (χ2v) is 6.45. The van der Waals surface area contributed by atoms with Crippen molar-refractivity contribution in [2.75, 3.05) is 32.9 Å². The third-order valence-electron chi connectivity index (χ3n) is 4.80. The molecule has 2 unspecified atom stereocenters. The van der Waals surface area contributed by atoms with E-state index >= 15 is 0 Å². The van der Waals surface area contributed by atoms with Crippen molar-refractivity contribution in [2.24, 2.45) is 5.41 Å². The van der Waals surface area contributed by atoms with E-state index in [4.69, 9.17) is 9.47 Å². The van der Waals surface area contributed by atoms with E-state index in [1.165, 1.54) is 6.42 Å². The molecule has 0 radical (unpaired) electrons. The van der Waals surface area contributed by atoms with Gasteiger partial charge in [-0.2, -0.15) is 0 Å². The Morgan fingerprint density at radius 2 is 2.45 bits per heavy atom. The van der Waals surface area contributed by atoms with Crippen LogP contribution in [0.3, 0.4) is 0 Å². The Kier molecular flexibility index (Phi) is 5.24. The molecule has 0 aliphatic carbocycles. The van der Waals surface area contributed by atoms with E-state index in [1.807, 2.05) is 18.3 Å². The molecule has 3 rings (SSSR count). The molecule has 2 atom stereocenters. The van der Waals surface area contributed by atoms with Gasteiger partial charge in [0.2, 0.25) is 0 Å². The maximum absolute atomic E-state index is 6.07. The molecular weight excluding hydrogens is 276 g/mol. The van der Waals surface area contributed by atoms with Crippen LogP contribution in [0, 0.1) is 5.41 Å². The van der Waals surface area contributed by atoms with Gasteiger partial charge in [0.1, 0.15) is 0 Å². The molecule has 0 N–H and O–H groups in total. The summed E-state index contributed by atoms with van der Waals surface area (Å²) in [5, 5.41) is 0. The van der Waals surface area contributed by atoms with Crippen LogP contribution >= 0.6 is 0 Å². The molecule has 1 aromatic rings. The predicted octanol–water partition coefficient (Wildman–Crippen LogP) is 2.66. The third-order valence-corrected chi connectivity index (χ3v) is 4.80. The summed E-state index contributed by atoms with van der Waals surface area (Å²) in [5.41, 5.74) is 1.27. The Morgan fingerprint density at radius 3 is 3.27 bits per heavy atom. The normalized spacial score (nSPS) is 29.0. The molecule has 0 amide bonds. The van der Waals surface area contributed by atoms with Gasteiger partial charge in [-0.25, -0.2) is 0 Å². The van der Waals surface area contributed by atoms with Gasteiger partial charge in [0.05, 0.1) is 25.0 Å². The number of piperidine rings is 1. The summed E-state index contributed by atoms with van der Waals surface area (Å²) >= 11 is 0. The monoisotopic (exact) mass is 302 g/mol. The maximum Gasteiger partial charge on any atom is 0.0677 e. The molecule has 1 aromatic heterocycles. The van der Waals surface area contributed by atoms with E-state index in [0.717, 1.165) is 51.4 Å². The molecule has 22 heavy (non-hydrogen) atoms. The fraction of sp³-hybridized carbons (Fsp3) is 0.611. The van der Waals surface area contributed by atoms with E-state index in [2.05, 4.69) is 28.6 Å². The van der Waals surface area contributed by atoms with Crippen molar-refractivity contribution in [3.63, 3.8) is 0 Å². The second kappa shape index (κ2) is 7.36. The summed E-state index contributed by atoms with van der Waals surface area (Å²) < 4.78 is 11.9. The van der Waals surface area contributed by atoms with Crippen LogP contribution in [0.4, 0.5) is 0 Å². The zero-order chi connectivity index (χ0) is 15.3. The molecular formula is C18H26N2O2. The van der Waals surface area contributed by atoms with Gasteiger partial charge in [0, 0.05) is 37.9 Å². The lowest BCUT2D eigenvalue weighted by atomic mass is 9.73. The van der Waals surface area contributed by atoms with Gasteiger partial charge in [-0.05, 0) is 31.4 Å². The number of ether oxygens (including phenoxy) is 2. The highest BCUT2D eigenvalue weighted by molar-refractivity contribution is 5.05. The van der Waals surface area contributed by atoms with Crippen LogP contribution in [0.5, 0.6) is 0 Å². The summed E-state index contributed by atoms with van der Waals surface area (Å²) in [6.45, 7) is 9.04. The van der Waals surface area contributed by atoms with Crippen molar-refractivity contribution in [1.29, 1.82) is 0 Å². The van der Waals surface area contributed by atoms with Crippen molar-refractivity contribution in [3.05, 3.63) is 42.7 Å². The topological polar surface area (TPSA) is 34.6 Å². The summed E-state index contributed by atoms with van der Waals surface area (Å²) in [5.74, 6) is 0. The first kappa shape index (κ1) is 15.7. The quantitative estimate of drug-likeness (QED) is 0.598. The molecule has 0 aromatic carbocycles. The highest BCUT2D eigenvalue weighted by atomic mass is 16.5. The Bertz CT molecular complexity index is 479. The maximum atomic E-state index is 6.07. The van der Waals surface area contributed by atoms with Crippen LogP contribution in [0.1, 0.15) is 25.0 Å². The van der Waals surface area contributed by atoms with Crippen LogP contribution in [0.15, 0.2) is 37.1 Å². The zero-order valence-electron chi connectivity index (χ0n) is 13.2. The molecule has 2 aliphatic rings. The number of rotatable bonds is 6. The van der Waals surface area contributed by atoms with E-state index < -0.39 is 0 Å². The summed E-state index contributed by atoms with van der Waals surface area (Å²) in [4.78, 5) is 6.96. The summed E-state index contributed by atoms with van der Waals surface area (Å²) in [6.07, 6.45) is 7.44. The standard InChI is InChI=1S/C18H26N2O2/c1-2-11-21-15-18-8-5-12-22-17(18)7-10-20(14-18)13-16-6-3-4-9-19-16/h2-4,6,9,17H,1,5,7-8,10-15H2. The highest BCUT2D eigenvalue weighted by Gasteiger charge is 2.46. The van der Waals surface area contributed by atoms with Crippen LogP contribution in [-0.4, -0.2) is 48.9 Å². The number of pyridine rings is 1. The summed E-state index contributed by atoms with van der Waals surface area (Å²) in [7, 11) is 0. The lowest BCUT2D eigenvalue weighted by Crippen LogP contribution is -2.56. The number of fused-ring (bicyclic) bond motifs is 1. The van der Waals surface area contributed by atoms with Crippen molar-refractivity contribution in [3.8, 4) is 0 Å². The number of hydrogen-bond donors (Lipinski definition) is 0. The molecule has 0 saturated carbocycles. The first-order valence-corrected chi connectivity index (χ1v) is 8.25. The van der Waals surface area contributed by atoms with Gasteiger partial charge < -0.3 is 9.47 Å². The largest absolute Gasteiger partial charge is 0.377 e. The first-order valence-electron chi connectivity index (χ1n) is 8.25. The molecule has 0 bridgehead atoms. The van der Waals surface area contributed by atoms with Crippen molar-refractivity contribution in [2.45, 2.75) is 31.9 Å². The second-order valence-electron chi connectivity index (χ2n) is 6.45. The van der Waals surface area contributed by atoms with Gasteiger partial charge in [-0.1, -0.05) is 12.1 Å². The number of likely N-dealkylation sites (tertiary alicyclic amines) is 1. The lowest BCUT2D eigenvalue weighted by Gasteiger charge is -2.50. The molecule has 4 heteroatoms. The van der Waals surface area contributed by atoms with E-state index in [-0.39, 0.29) is 5.41 Å². The molecule has 120 valence electrons. The average molecular weight is 302 g/mol. The lowest BCUT2D eigenvalue weighted by molar-refractivity contribution is -0.152. The van der Waals surface area contributed by atoms with Crippen molar-refractivity contribution in [1.82, 2.24) is 9.88 Å². The Morgan fingerprint density at radius 1 is 1.50 bits per heavy atom. The van der Waals surface area contributed by atoms with Crippen LogP contribution < -0.4 is 0 Å². The Balaban J connectivity index is 1.67. The first-order chi connectivity index (χ1) is 10.8. The molecule has 2 aliphatic heterocycles. The minimum Gasteiger partial charge on any atom is -0.377 e. The molecule has 4 nitrogen and oxygen atoms in total. The Hall–Kier alpha value is -1.23. The fourth-order valence-corrected chi connectivity index (χ4v) is 3.79. The molecule has 3 heterocycles. The van der Waals surface area contributed by atoms with Gasteiger partial charge >= 0.3 is 0 Å². The predicted molar refractivity (Wildman–Crippen MR) is 86.6 cm³/mol. The third kappa shape index (κ3) is 3.57. The van der Waals surface area contributed by atoms with Crippen LogP contribution in [0.25, 0.3) is 0 Å². The van der Waals surface area contributed by atoms with E-state index in [9.17, 15) is 0 Å². The number of nitrogens with zero attached hydrogens (tertiary/aromatic N) is 2. The van der Waals surface area contributed by atoms with E-state index in [1.54, 1.807) is 0 Å². The number of aromatic nitrogens is 1. The zero-order valence-corrected chi connectivity index (χ0v) is 13.2. The summed E-state index contributed by atoms with van der Waals surface area (Å²) in [6, 6.07) is 6.13. The van der Waals surface area contributed by atoms with E-state index in [0.29, 0.717) is 12.7 Å². The minimum atomic E-state index is 0.133. The highest BCUT2D eigenvalue weighted by Crippen LogP contribution is 2.40. The molecule has 2 fully saturated rings. The van der Waals surface area contributed by atoms with Gasteiger partial charge in [0.15, 0.2) is 0 Å². The van der Waals surface area contributed by atoms with Crippen molar-refractivity contribution < 1.29 is 9.47 Å². The van der Waals surface area contributed by atoms with Gasteiger partial charge in [-0.15, -0.1) is 6.58 Å². The van der Waals surface area contributed by atoms with Crippen LogP contribution in [-0.2, 0) is 16.0 Å². The molecule has 0 spiro atoms. The average Bonchev–Trinajstić information content (AvgIpc) is 2.56. The minimum absolute atomic E-state index is 0.133. The smallest absolute Gasteiger partial charge is 0.0677 e. The number of hydrogen-bond acceptors (Lipinski definition) is 4. The fourth-order valence-electron chi connectivity index (χ4n) is 3.79. The SMILES string of the molecule is C=CCOCC12CCCOC1CCN(Cc1ccccn1)C2. The van der Waals surface area contributed by atoms with Crippen molar-refractivity contribution >= 4 is 0 Å². The van der Waals surface area contributed by atoms with Gasteiger partial charge in [0.25, 0.3) is 0 Å². The Labute approximate surface area is 133 Å². The van der Waals surface area contributed by atoms with Gasteiger partial charge in [-0.3, -0.25) is 9.88 Å². The van der Waals surface area contributed by atoms with Crippen LogP contribution in [0.2, 0.25) is 0 Å².